The predicted molar refractivity (Wildman–Crippen MR) is 103 cm³/mol. The highest BCUT2D eigenvalue weighted by molar-refractivity contribution is 7.95. The van der Waals surface area contributed by atoms with Crippen LogP contribution in [0.2, 0.25) is 0 Å². The minimum absolute atomic E-state index is 0.166. The molecule has 0 aromatic heterocycles. The van der Waals surface area contributed by atoms with Crippen LogP contribution in [0.3, 0.4) is 0 Å². The van der Waals surface area contributed by atoms with Crippen molar-refractivity contribution in [2.75, 3.05) is 26.7 Å². The summed E-state index contributed by atoms with van der Waals surface area (Å²) in [6.45, 7) is 6.65. The van der Waals surface area contributed by atoms with Crippen LogP contribution < -0.4 is 0 Å². The van der Waals surface area contributed by atoms with Crippen LogP contribution >= 0.6 is 12.0 Å². The van der Waals surface area contributed by atoms with Gasteiger partial charge in [-0.1, -0.05) is 11.6 Å². The Kier molecular flexibility index (Phi) is 7.63. The molecule has 28 heavy (non-hydrogen) atoms. The molecule has 2 unspecified atom stereocenters. The average Bonchev–Trinajstić information content (AvgIpc) is 2.58. The van der Waals surface area contributed by atoms with Crippen molar-refractivity contribution in [2.45, 2.75) is 38.5 Å². The number of hydrogen-bond donors (Lipinski definition) is 0. The molecule has 0 radical (unpaired) electrons. The van der Waals surface area contributed by atoms with Crippen molar-refractivity contribution in [3.8, 4) is 6.07 Å². The SMILES string of the molecule is CC(C)=C/C=C1/C(N2CC(C)OC(COSC(F)(F)F)C2)=CC=C(C#N)N1C. The zero-order chi connectivity index (χ0) is 20.9. The number of allylic oxidation sites excluding steroid dienone is 6. The lowest BCUT2D eigenvalue weighted by molar-refractivity contribution is -0.0844. The van der Waals surface area contributed by atoms with E-state index in [0.29, 0.717) is 18.8 Å². The maximum absolute atomic E-state index is 12.3. The molecule has 0 aromatic carbocycles. The molecule has 5 nitrogen and oxygen atoms in total. The smallest absolute Gasteiger partial charge is 0.369 e. The Labute approximate surface area is 168 Å². The molecule has 2 aliphatic rings. The Morgan fingerprint density at radius 2 is 2.11 bits per heavy atom. The molecule has 0 saturated carbocycles. The Bertz CT molecular complexity index is 734. The van der Waals surface area contributed by atoms with Crippen molar-refractivity contribution < 1.29 is 22.1 Å². The molecule has 0 N–H and O–H groups in total. The Hall–Kier alpha value is -1.89. The molecule has 9 heteroatoms. The van der Waals surface area contributed by atoms with Crippen LogP contribution in [0.25, 0.3) is 0 Å². The van der Waals surface area contributed by atoms with Gasteiger partial charge < -0.3 is 18.7 Å². The highest BCUT2D eigenvalue weighted by Gasteiger charge is 2.33. The highest BCUT2D eigenvalue weighted by atomic mass is 32.2. The lowest BCUT2D eigenvalue weighted by Gasteiger charge is -2.41. The summed E-state index contributed by atoms with van der Waals surface area (Å²) in [6.07, 6.45) is 6.84. The van der Waals surface area contributed by atoms with Gasteiger partial charge in [0.25, 0.3) is 0 Å². The fraction of sp³-hybridized carbons (Fsp3) is 0.526. The number of hydrogen-bond acceptors (Lipinski definition) is 6. The molecule has 2 atom stereocenters. The fourth-order valence-electron chi connectivity index (χ4n) is 2.99. The van der Waals surface area contributed by atoms with Crippen molar-refractivity contribution in [3.63, 3.8) is 0 Å². The number of morpholine rings is 1. The zero-order valence-electron chi connectivity index (χ0n) is 16.3. The largest absolute Gasteiger partial charge is 0.467 e. The molecular weight excluding hydrogens is 391 g/mol. The fourth-order valence-corrected chi connectivity index (χ4v) is 3.34. The van der Waals surface area contributed by atoms with Gasteiger partial charge in [-0.05, 0) is 39.0 Å². The molecule has 0 bridgehead atoms. The number of rotatable bonds is 5. The minimum Gasteiger partial charge on any atom is -0.369 e. The van der Waals surface area contributed by atoms with E-state index >= 15 is 0 Å². The maximum atomic E-state index is 12.3. The van der Waals surface area contributed by atoms with Gasteiger partial charge >= 0.3 is 5.51 Å². The van der Waals surface area contributed by atoms with E-state index in [1.54, 1.807) is 11.0 Å². The quantitative estimate of drug-likeness (QED) is 0.623. The first-order valence-corrected chi connectivity index (χ1v) is 9.54. The van der Waals surface area contributed by atoms with Gasteiger partial charge in [0, 0.05) is 20.1 Å². The molecule has 2 heterocycles. The van der Waals surface area contributed by atoms with Crippen LogP contribution in [-0.4, -0.2) is 54.3 Å². The molecule has 0 aromatic rings. The normalized spacial score (nSPS) is 24.6. The number of alkyl halides is 3. The molecule has 154 valence electrons. The van der Waals surface area contributed by atoms with Crippen LogP contribution in [0.1, 0.15) is 20.8 Å². The van der Waals surface area contributed by atoms with E-state index in [2.05, 4.69) is 11.0 Å². The third kappa shape index (κ3) is 6.33. The molecule has 1 saturated heterocycles. The second-order valence-electron chi connectivity index (χ2n) is 6.86. The van der Waals surface area contributed by atoms with Crippen LogP contribution in [0.5, 0.6) is 0 Å². The summed E-state index contributed by atoms with van der Waals surface area (Å²) >= 11 is -0.505. The Balaban J connectivity index is 2.20. The first-order valence-electron chi connectivity index (χ1n) is 8.80. The first-order chi connectivity index (χ1) is 13.1. The van der Waals surface area contributed by atoms with E-state index in [4.69, 9.17) is 8.92 Å². The van der Waals surface area contributed by atoms with Gasteiger partial charge in [0.15, 0.2) is 0 Å². The van der Waals surface area contributed by atoms with Crippen molar-refractivity contribution >= 4 is 12.0 Å². The van der Waals surface area contributed by atoms with Crippen molar-refractivity contribution in [1.29, 1.82) is 5.26 Å². The van der Waals surface area contributed by atoms with Crippen molar-refractivity contribution in [1.82, 2.24) is 9.80 Å². The molecule has 2 aliphatic heterocycles. The van der Waals surface area contributed by atoms with Gasteiger partial charge in [-0.2, -0.15) is 18.4 Å². The molecule has 0 spiro atoms. The summed E-state index contributed by atoms with van der Waals surface area (Å²) < 4.78 is 47.3. The van der Waals surface area contributed by atoms with Crippen LogP contribution in [-0.2, 0) is 8.92 Å². The second kappa shape index (κ2) is 9.54. The summed E-state index contributed by atoms with van der Waals surface area (Å²) in [5.74, 6) is 0. The van der Waals surface area contributed by atoms with Crippen LogP contribution in [0.15, 0.2) is 47.0 Å². The van der Waals surface area contributed by atoms with Gasteiger partial charge in [-0.3, -0.25) is 0 Å². The molecule has 1 fully saturated rings. The van der Waals surface area contributed by atoms with Gasteiger partial charge in [0.05, 0.1) is 30.2 Å². The highest BCUT2D eigenvalue weighted by Crippen LogP contribution is 2.32. The van der Waals surface area contributed by atoms with E-state index in [0.717, 1.165) is 17.0 Å². The Morgan fingerprint density at radius 3 is 2.71 bits per heavy atom. The summed E-state index contributed by atoms with van der Waals surface area (Å²) in [6, 6.07) is 2.16. The third-order valence-electron chi connectivity index (χ3n) is 4.15. The van der Waals surface area contributed by atoms with Gasteiger partial charge in [-0.25, -0.2) is 0 Å². The lowest BCUT2D eigenvalue weighted by atomic mass is 10.1. The van der Waals surface area contributed by atoms with Gasteiger partial charge in [0.1, 0.15) is 23.8 Å². The standard InChI is InChI=1S/C19H24F3N3O2S/c1-13(2)5-7-17-18(8-6-15(9-23)24(17)4)25-10-14(3)27-16(11-25)12-26-28-19(20,21)22/h5-8,14,16H,10-12H2,1-4H3/b17-7-. The number of nitrogens with zero attached hydrogens (tertiary/aromatic N) is 3. The maximum Gasteiger partial charge on any atom is 0.467 e. The number of ether oxygens (including phenoxy) is 1. The number of nitriles is 1. The van der Waals surface area contributed by atoms with Crippen LogP contribution in [0, 0.1) is 11.3 Å². The minimum atomic E-state index is -4.44. The summed E-state index contributed by atoms with van der Waals surface area (Å²) in [5, 5.41) is 9.32. The van der Waals surface area contributed by atoms with Gasteiger partial charge in [-0.15, -0.1) is 0 Å². The number of likely N-dealkylation sites (N-methyl/N-ethyl adjacent to an activating group) is 1. The van der Waals surface area contributed by atoms with E-state index in [9.17, 15) is 18.4 Å². The van der Waals surface area contributed by atoms with E-state index < -0.39 is 23.7 Å². The van der Waals surface area contributed by atoms with E-state index in [1.807, 2.05) is 46.0 Å². The van der Waals surface area contributed by atoms with E-state index in [-0.39, 0.29) is 12.7 Å². The van der Waals surface area contributed by atoms with Crippen molar-refractivity contribution in [2.24, 2.45) is 0 Å². The second-order valence-corrected chi connectivity index (χ2v) is 7.72. The van der Waals surface area contributed by atoms with Gasteiger partial charge in [0.2, 0.25) is 0 Å². The van der Waals surface area contributed by atoms with Crippen LogP contribution in [0.4, 0.5) is 13.2 Å². The lowest BCUT2D eigenvalue weighted by Crippen LogP contribution is -2.48. The van der Waals surface area contributed by atoms with E-state index in [1.165, 1.54) is 0 Å². The molecular formula is C19H24F3N3O2S. The first kappa shape index (κ1) is 22.4. The predicted octanol–water partition coefficient (Wildman–Crippen LogP) is 4.35. The summed E-state index contributed by atoms with van der Waals surface area (Å²) in [5.41, 5.74) is -1.08. The topological polar surface area (TPSA) is 48.7 Å². The van der Waals surface area contributed by atoms with Crippen molar-refractivity contribution in [3.05, 3.63) is 47.0 Å². The summed E-state index contributed by atoms with van der Waals surface area (Å²) in [4.78, 5) is 3.87. The molecule has 0 aliphatic carbocycles. The average molecular weight is 415 g/mol. The summed E-state index contributed by atoms with van der Waals surface area (Å²) in [7, 11) is 1.82. The monoisotopic (exact) mass is 415 g/mol. The zero-order valence-corrected chi connectivity index (χ0v) is 17.1. The third-order valence-corrected chi connectivity index (χ3v) is 4.59. The Morgan fingerprint density at radius 1 is 1.39 bits per heavy atom. The molecule has 0 amide bonds. The number of halogens is 3. The molecule has 2 rings (SSSR count).